The molecule has 3 aromatic rings. The maximum atomic E-state index is 4.13. The minimum Gasteiger partial charge on any atom is -0.299 e. The minimum absolute atomic E-state index is 0.754. The SMILES string of the molecule is Cc1ccc(CN2CCC[C@H](Cc3ccc4[nH]ncc4c3)C2)c(C)c1. The molecule has 3 nitrogen and oxygen atoms in total. The van der Waals surface area contributed by atoms with Gasteiger partial charge in [0.15, 0.2) is 0 Å². The molecule has 0 unspecified atom stereocenters. The Morgan fingerprint density at radius 3 is 2.96 bits per heavy atom. The molecule has 1 aliphatic rings. The van der Waals surface area contributed by atoms with Gasteiger partial charge >= 0.3 is 0 Å². The summed E-state index contributed by atoms with van der Waals surface area (Å²) in [7, 11) is 0. The summed E-state index contributed by atoms with van der Waals surface area (Å²) in [5.41, 5.74) is 6.82. The number of hydrogen-bond donors (Lipinski definition) is 1. The lowest BCUT2D eigenvalue weighted by molar-refractivity contribution is 0.167. The molecule has 0 amide bonds. The Morgan fingerprint density at radius 1 is 1.16 bits per heavy atom. The highest BCUT2D eigenvalue weighted by atomic mass is 15.1. The van der Waals surface area contributed by atoms with E-state index in [0.717, 1.165) is 18.0 Å². The number of benzene rings is 2. The van der Waals surface area contributed by atoms with Crippen molar-refractivity contribution in [3.05, 3.63) is 64.8 Å². The van der Waals surface area contributed by atoms with Crippen LogP contribution in [0.15, 0.2) is 42.6 Å². The predicted octanol–water partition coefficient (Wildman–Crippen LogP) is 4.63. The Balaban J connectivity index is 1.41. The first-order chi connectivity index (χ1) is 12.2. The number of aryl methyl sites for hydroxylation is 2. The standard InChI is InChI=1S/C22H27N3/c1-16-5-7-20(17(2)10-16)15-25-9-3-4-19(14-25)11-18-6-8-22-21(12-18)13-23-24-22/h5-8,10,12-13,19H,3-4,9,11,14-15H2,1-2H3,(H,23,24)/t19-/m1/s1. The van der Waals surface area contributed by atoms with Gasteiger partial charge in [0.25, 0.3) is 0 Å². The van der Waals surface area contributed by atoms with E-state index in [0.29, 0.717) is 0 Å². The van der Waals surface area contributed by atoms with E-state index < -0.39 is 0 Å². The molecule has 0 spiro atoms. The second-order valence-corrected chi connectivity index (χ2v) is 7.67. The van der Waals surface area contributed by atoms with E-state index in [9.17, 15) is 0 Å². The molecule has 1 atom stereocenters. The zero-order valence-corrected chi connectivity index (χ0v) is 15.3. The van der Waals surface area contributed by atoms with Crippen LogP contribution in [-0.4, -0.2) is 28.2 Å². The highest BCUT2D eigenvalue weighted by molar-refractivity contribution is 5.78. The van der Waals surface area contributed by atoms with Gasteiger partial charge in [0.2, 0.25) is 0 Å². The van der Waals surface area contributed by atoms with Crippen LogP contribution >= 0.6 is 0 Å². The molecule has 1 aromatic heterocycles. The summed E-state index contributed by atoms with van der Waals surface area (Å²) in [6.45, 7) is 7.93. The van der Waals surface area contributed by atoms with Crippen LogP contribution < -0.4 is 0 Å². The number of aromatic amines is 1. The van der Waals surface area contributed by atoms with Crippen molar-refractivity contribution in [3.8, 4) is 0 Å². The number of piperidine rings is 1. The van der Waals surface area contributed by atoms with Crippen LogP contribution in [0.1, 0.15) is 35.1 Å². The number of aromatic nitrogens is 2. The summed E-state index contributed by atoms with van der Waals surface area (Å²) >= 11 is 0. The number of nitrogens with one attached hydrogen (secondary N) is 1. The smallest absolute Gasteiger partial charge is 0.0650 e. The topological polar surface area (TPSA) is 31.9 Å². The molecule has 1 aliphatic heterocycles. The van der Waals surface area contributed by atoms with Crippen LogP contribution in [-0.2, 0) is 13.0 Å². The summed E-state index contributed by atoms with van der Waals surface area (Å²) in [4.78, 5) is 2.64. The molecule has 2 heterocycles. The number of fused-ring (bicyclic) bond motifs is 1. The second-order valence-electron chi connectivity index (χ2n) is 7.67. The highest BCUT2D eigenvalue weighted by Crippen LogP contribution is 2.24. The van der Waals surface area contributed by atoms with Crippen molar-refractivity contribution in [1.82, 2.24) is 15.1 Å². The van der Waals surface area contributed by atoms with E-state index in [2.05, 4.69) is 65.3 Å². The number of hydrogen-bond acceptors (Lipinski definition) is 2. The molecule has 0 saturated carbocycles. The lowest BCUT2D eigenvalue weighted by Crippen LogP contribution is -2.35. The second kappa shape index (κ2) is 7.01. The fourth-order valence-electron chi connectivity index (χ4n) is 4.18. The Morgan fingerprint density at radius 2 is 2.08 bits per heavy atom. The van der Waals surface area contributed by atoms with E-state index in [1.807, 2.05) is 6.20 Å². The molecule has 0 aliphatic carbocycles. The van der Waals surface area contributed by atoms with Gasteiger partial charge in [0.1, 0.15) is 0 Å². The third-order valence-corrected chi connectivity index (χ3v) is 5.52. The first kappa shape index (κ1) is 16.3. The average Bonchev–Trinajstić information content (AvgIpc) is 3.05. The van der Waals surface area contributed by atoms with E-state index in [4.69, 9.17) is 0 Å². The first-order valence-corrected chi connectivity index (χ1v) is 9.38. The van der Waals surface area contributed by atoms with Gasteiger partial charge in [-0.3, -0.25) is 10.00 Å². The Bertz CT molecular complexity index is 865. The van der Waals surface area contributed by atoms with Crippen molar-refractivity contribution >= 4 is 10.9 Å². The fourth-order valence-corrected chi connectivity index (χ4v) is 4.18. The minimum atomic E-state index is 0.754. The number of nitrogens with zero attached hydrogens (tertiary/aromatic N) is 2. The van der Waals surface area contributed by atoms with Crippen LogP contribution in [0, 0.1) is 19.8 Å². The van der Waals surface area contributed by atoms with Crippen molar-refractivity contribution in [2.75, 3.05) is 13.1 Å². The zero-order valence-electron chi connectivity index (χ0n) is 15.3. The molecule has 4 rings (SSSR count). The average molecular weight is 333 g/mol. The summed E-state index contributed by atoms with van der Waals surface area (Å²) in [6, 6.07) is 13.6. The quantitative estimate of drug-likeness (QED) is 0.754. The van der Waals surface area contributed by atoms with Gasteiger partial charge in [-0.05, 0) is 74.4 Å². The van der Waals surface area contributed by atoms with Gasteiger partial charge in [0.05, 0.1) is 11.7 Å². The lowest BCUT2D eigenvalue weighted by Gasteiger charge is -2.33. The molecule has 0 radical (unpaired) electrons. The van der Waals surface area contributed by atoms with Gasteiger partial charge in [-0.25, -0.2) is 0 Å². The molecule has 25 heavy (non-hydrogen) atoms. The Labute approximate surface area is 150 Å². The fraction of sp³-hybridized carbons (Fsp3) is 0.409. The predicted molar refractivity (Wildman–Crippen MR) is 104 cm³/mol. The van der Waals surface area contributed by atoms with Crippen molar-refractivity contribution in [3.63, 3.8) is 0 Å². The number of likely N-dealkylation sites (tertiary alicyclic amines) is 1. The third-order valence-electron chi connectivity index (χ3n) is 5.52. The molecule has 3 heteroatoms. The van der Waals surface area contributed by atoms with Crippen LogP contribution in [0.5, 0.6) is 0 Å². The first-order valence-electron chi connectivity index (χ1n) is 9.38. The van der Waals surface area contributed by atoms with Crippen LogP contribution in [0.4, 0.5) is 0 Å². The van der Waals surface area contributed by atoms with Gasteiger partial charge in [-0.2, -0.15) is 5.10 Å². The molecule has 1 saturated heterocycles. The molecule has 130 valence electrons. The molecular formula is C22H27N3. The van der Waals surface area contributed by atoms with Crippen LogP contribution in [0.25, 0.3) is 10.9 Å². The maximum Gasteiger partial charge on any atom is 0.0650 e. The summed E-state index contributed by atoms with van der Waals surface area (Å²) < 4.78 is 0. The van der Waals surface area contributed by atoms with Crippen molar-refractivity contribution in [2.24, 2.45) is 5.92 Å². The van der Waals surface area contributed by atoms with E-state index in [1.165, 1.54) is 60.0 Å². The maximum absolute atomic E-state index is 4.13. The van der Waals surface area contributed by atoms with Crippen LogP contribution in [0.2, 0.25) is 0 Å². The number of rotatable bonds is 4. The van der Waals surface area contributed by atoms with Gasteiger partial charge < -0.3 is 0 Å². The lowest BCUT2D eigenvalue weighted by atomic mass is 9.90. The molecule has 1 fully saturated rings. The van der Waals surface area contributed by atoms with E-state index in [-0.39, 0.29) is 0 Å². The monoisotopic (exact) mass is 333 g/mol. The van der Waals surface area contributed by atoms with Crippen molar-refractivity contribution in [1.29, 1.82) is 0 Å². The number of H-pyrrole nitrogens is 1. The van der Waals surface area contributed by atoms with E-state index in [1.54, 1.807) is 0 Å². The summed E-state index contributed by atoms with van der Waals surface area (Å²) in [5, 5.41) is 8.39. The summed E-state index contributed by atoms with van der Waals surface area (Å²) in [6.07, 6.45) is 5.74. The Kier molecular flexibility index (Phi) is 4.58. The van der Waals surface area contributed by atoms with Crippen molar-refractivity contribution in [2.45, 2.75) is 39.7 Å². The van der Waals surface area contributed by atoms with Gasteiger partial charge in [-0.1, -0.05) is 29.8 Å². The Hall–Kier alpha value is -2.13. The zero-order chi connectivity index (χ0) is 17.2. The normalized spacial score (nSPS) is 18.7. The largest absolute Gasteiger partial charge is 0.299 e. The highest BCUT2D eigenvalue weighted by Gasteiger charge is 2.20. The molecule has 2 aromatic carbocycles. The van der Waals surface area contributed by atoms with E-state index >= 15 is 0 Å². The summed E-state index contributed by atoms with van der Waals surface area (Å²) in [5.74, 6) is 0.754. The van der Waals surface area contributed by atoms with Gasteiger partial charge in [0, 0.05) is 18.5 Å². The van der Waals surface area contributed by atoms with Gasteiger partial charge in [-0.15, -0.1) is 0 Å². The van der Waals surface area contributed by atoms with Crippen molar-refractivity contribution < 1.29 is 0 Å². The molecular weight excluding hydrogens is 306 g/mol. The molecule has 0 bridgehead atoms. The molecule has 1 N–H and O–H groups in total. The van der Waals surface area contributed by atoms with Crippen LogP contribution in [0.3, 0.4) is 0 Å². The third kappa shape index (κ3) is 3.77.